The normalized spacial score (nSPS) is 10.7. The van der Waals surface area contributed by atoms with Crippen LogP contribution < -0.4 is 5.32 Å². The summed E-state index contributed by atoms with van der Waals surface area (Å²) < 4.78 is 0. The average molecular weight is 344 g/mol. The van der Waals surface area contributed by atoms with E-state index in [4.69, 9.17) is 0 Å². The highest BCUT2D eigenvalue weighted by Crippen LogP contribution is 2.27. The van der Waals surface area contributed by atoms with Gasteiger partial charge in [0.25, 0.3) is 5.91 Å². The highest BCUT2D eigenvalue weighted by Gasteiger charge is 2.10. The number of carbonyl (C=O) groups is 1. The van der Waals surface area contributed by atoms with E-state index < -0.39 is 0 Å². The van der Waals surface area contributed by atoms with Gasteiger partial charge in [0.1, 0.15) is 0 Å². The van der Waals surface area contributed by atoms with Crippen molar-refractivity contribution in [3.8, 4) is 10.4 Å². The van der Waals surface area contributed by atoms with Crippen molar-refractivity contribution in [2.75, 3.05) is 0 Å². The Labute approximate surface area is 150 Å². The molecule has 4 aromatic rings. The molecular weight excluding hydrogens is 328 g/mol. The summed E-state index contributed by atoms with van der Waals surface area (Å²) in [6.07, 6.45) is 3.52. The summed E-state index contributed by atoms with van der Waals surface area (Å²) in [6, 6.07) is 22.1. The molecule has 0 radical (unpaired) electrons. The Morgan fingerprint density at radius 2 is 1.72 bits per heavy atom. The van der Waals surface area contributed by atoms with E-state index in [0.29, 0.717) is 11.4 Å². The number of fused-ring (bicyclic) bond motifs is 1. The molecule has 0 fully saturated rings. The number of nitrogens with one attached hydrogen (secondary N) is 1. The molecule has 2 heterocycles. The molecule has 2 aromatic carbocycles. The zero-order valence-corrected chi connectivity index (χ0v) is 14.3. The van der Waals surface area contributed by atoms with Crippen LogP contribution in [0.3, 0.4) is 0 Å². The number of thiophene rings is 1. The third kappa shape index (κ3) is 3.30. The fourth-order valence-electron chi connectivity index (χ4n) is 2.84. The molecule has 4 heteroatoms. The number of aromatic nitrogens is 1. The van der Waals surface area contributed by atoms with Crippen LogP contribution in [0.5, 0.6) is 0 Å². The highest BCUT2D eigenvalue weighted by atomic mass is 32.1. The van der Waals surface area contributed by atoms with Crippen LogP contribution in [0.1, 0.15) is 15.2 Å². The number of carbonyl (C=O) groups excluding carboxylic acids is 1. The molecule has 0 unspecified atom stereocenters. The van der Waals surface area contributed by atoms with Crippen molar-refractivity contribution in [3.05, 3.63) is 89.6 Å². The number of nitrogens with zero attached hydrogens (tertiary/aromatic N) is 1. The molecule has 0 aliphatic heterocycles. The quantitative estimate of drug-likeness (QED) is 0.572. The first kappa shape index (κ1) is 15.5. The molecule has 0 bridgehead atoms. The molecule has 2 aromatic heterocycles. The first-order chi connectivity index (χ1) is 12.3. The highest BCUT2D eigenvalue weighted by molar-refractivity contribution is 7.17. The standard InChI is InChI=1S/C21H16N2OS/c24-21(20-9-8-19(25-20)16-10-12-22-13-11-16)23-14-17-6-3-5-15-4-1-2-7-18(15)17/h1-13H,14H2,(H,23,24). The van der Waals surface area contributed by atoms with E-state index in [1.165, 1.54) is 22.1 Å². The number of rotatable bonds is 4. The van der Waals surface area contributed by atoms with Gasteiger partial charge in [-0.3, -0.25) is 9.78 Å². The largest absolute Gasteiger partial charge is 0.347 e. The van der Waals surface area contributed by atoms with Gasteiger partial charge in [0.05, 0.1) is 4.88 Å². The van der Waals surface area contributed by atoms with Gasteiger partial charge in [-0.25, -0.2) is 0 Å². The molecule has 0 saturated carbocycles. The Balaban J connectivity index is 1.50. The maximum atomic E-state index is 12.5. The van der Waals surface area contributed by atoms with E-state index in [-0.39, 0.29) is 5.91 Å². The minimum atomic E-state index is -0.0433. The van der Waals surface area contributed by atoms with Crippen molar-refractivity contribution in [2.24, 2.45) is 0 Å². The minimum absolute atomic E-state index is 0.0433. The molecule has 1 N–H and O–H groups in total. The summed E-state index contributed by atoms with van der Waals surface area (Å²) >= 11 is 1.49. The smallest absolute Gasteiger partial charge is 0.261 e. The van der Waals surface area contributed by atoms with Crippen molar-refractivity contribution in [1.82, 2.24) is 10.3 Å². The van der Waals surface area contributed by atoms with Gasteiger partial charge in [0.2, 0.25) is 0 Å². The number of benzene rings is 2. The molecule has 0 aliphatic rings. The zero-order chi connectivity index (χ0) is 17.1. The predicted octanol–water partition coefficient (Wildman–Crippen LogP) is 4.89. The van der Waals surface area contributed by atoms with E-state index in [2.05, 4.69) is 34.6 Å². The van der Waals surface area contributed by atoms with Crippen LogP contribution >= 0.6 is 11.3 Å². The van der Waals surface area contributed by atoms with Gasteiger partial charge in [-0.15, -0.1) is 11.3 Å². The lowest BCUT2D eigenvalue weighted by molar-refractivity contribution is 0.0955. The first-order valence-corrected chi connectivity index (χ1v) is 8.88. The number of pyridine rings is 1. The van der Waals surface area contributed by atoms with Gasteiger partial charge < -0.3 is 5.32 Å². The Hall–Kier alpha value is -2.98. The minimum Gasteiger partial charge on any atom is -0.347 e. The van der Waals surface area contributed by atoms with E-state index >= 15 is 0 Å². The lowest BCUT2D eigenvalue weighted by atomic mass is 10.0. The summed E-state index contributed by atoms with van der Waals surface area (Å²) in [6.45, 7) is 0.517. The number of hydrogen-bond donors (Lipinski definition) is 1. The van der Waals surface area contributed by atoms with Crippen LogP contribution in [-0.4, -0.2) is 10.9 Å². The summed E-state index contributed by atoms with van der Waals surface area (Å²) in [7, 11) is 0. The molecule has 3 nitrogen and oxygen atoms in total. The molecule has 1 amide bonds. The summed E-state index contributed by atoms with van der Waals surface area (Å²) in [5, 5.41) is 5.39. The first-order valence-electron chi connectivity index (χ1n) is 8.06. The van der Waals surface area contributed by atoms with Crippen LogP contribution in [0, 0.1) is 0 Å². The third-order valence-electron chi connectivity index (χ3n) is 4.11. The summed E-state index contributed by atoms with van der Waals surface area (Å²) in [4.78, 5) is 18.3. The number of hydrogen-bond acceptors (Lipinski definition) is 3. The second-order valence-electron chi connectivity index (χ2n) is 5.72. The lowest BCUT2D eigenvalue weighted by Crippen LogP contribution is -2.21. The van der Waals surface area contributed by atoms with Crippen molar-refractivity contribution in [1.29, 1.82) is 0 Å². The van der Waals surface area contributed by atoms with Crippen molar-refractivity contribution >= 4 is 28.0 Å². The monoisotopic (exact) mass is 344 g/mol. The van der Waals surface area contributed by atoms with Gasteiger partial charge in [-0.1, -0.05) is 42.5 Å². The third-order valence-corrected chi connectivity index (χ3v) is 5.25. The Bertz CT molecular complexity index is 1020. The van der Waals surface area contributed by atoms with Gasteiger partial charge in [0.15, 0.2) is 0 Å². The van der Waals surface area contributed by atoms with Crippen LogP contribution in [0.25, 0.3) is 21.2 Å². The molecule has 0 spiro atoms. The molecular formula is C21H16N2OS. The van der Waals surface area contributed by atoms with Crippen molar-refractivity contribution in [3.63, 3.8) is 0 Å². The summed E-state index contributed by atoms with van der Waals surface area (Å²) in [5.41, 5.74) is 2.20. The molecule has 122 valence electrons. The van der Waals surface area contributed by atoms with E-state index in [1.54, 1.807) is 12.4 Å². The lowest BCUT2D eigenvalue weighted by Gasteiger charge is -2.07. The van der Waals surface area contributed by atoms with Gasteiger partial charge >= 0.3 is 0 Å². The SMILES string of the molecule is O=C(NCc1cccc2ccccc12)c1ccc(-c2ccncc2)s1. The van der Waals surface area contributed by atoms with Gasteiger partial charge in [-0.2, -0.15) is 0 Å². The second kappa shape index (κ2) is 6.87. The molecule has 25 heavy (non-hydrogen) atoms. The van der Waals surface area contributed by atoms with E-state index in [1.807, 2.05) is 42.5 Å². The van der Waals surface area contributed by atoms with Gasteiger partial charge in [0, 0.05) is 23.8 Å². The fraction of sp³-hybridized carbons (Fsp3) is 0.0476. The topological polar surface area (TPSA) is 42.0 Å². The molecule has 0 saturated heterocycles. The number of amides is 1. The molecule has 0 atom stereocenters. The van der Waals surface area contributed by atoms with Gasteiger partial charge in [-0.05, 0) is 46.2 Å². The Morgan fingerprint density at radius 1 is 0.920 bits per heavy atom. The fourth-order valence-corrected chi connectivity index (χ4v) is 3.77. The predicted molar refractivity (Wildman–Crippen MR) is 103 cm³/mol. The van der Waals surface area contributed by atoms with Crippen molar-refractivity contribution in [2.45, 2.75) is 6.54 Å². The molecule has 0 aliphatic carbocycles. The zero-order valence-electron chi connectivity index (χ0n) is 13.5. The second-order valence-corrected chi connectivity index (χ2v) is 6.80. The van der Waals surface area contributed by atoms with Crippen LogP contribution in [0.2, 0.25) is 0 Å². The van der Waals surface area contributed by atoms with E-state index in [0.717, 1.165) is 16.0 Å². The van der Waals surface area contributed by atoms with Crippen molar-refractivity contribution < 1.29 is 4.79 Å². The maximum Gasteiger partial charge on any atom is 0.261 e. The van der Waals surface area contributed by atoms with Crippen LogP contribution in [0.15, 0.2) is 79.1 Å². The Morgan fingerprint density at radius 3 is 2.60 bits per heavy atom. The Kier molecular flexibility index (Phi) is 4.27. The summed E-state index contributed by atoms with van der Waals surface area (Å²) in [5.74, 6) is -0.0433. The van der Waals surface area contributed by atoms with E-state index in [9.17, 15) is 4.79 Å². The van der Waals surface area contributed by atoms with Crippen LogP contribution in [-0.2, 0) is 6.54 Å². The maximum absolute atomic E-state index is 12.5. The van der Waals surface area contributed by atoms with Crippen LogP contribution in [0.4, 0.5) is 0 Å². The average Bonchev–Trinajstić information content (AvgIpc) is 3.17. The molecule has 4 rings (SSSR count).